The Morgan fingerprint density at radius 1 is 1.14 bits per heavy atom. The number of para-hydroxylation sites is 1. The Bertz CT molecular complexity index is 680. The summed E-state index contributed by atoms with van der Waals surface area (Å²) in [4.78, 5) is 0. The van der Waals surface area contributed by atoms with Gasteiger partial charge in [0.1, 0.15) is 17.6 Å². The number of methoxy groups -OCH3 is 2. The summed E-state index contributed by atoms with van der Waals surface area (Å²) in [6.45, 7) is 0.525. The number of halogens is 1. The summed E-state index contributed by atoms with van der Waals surface area (Å²) in [5, 5.41) is 12.5. The molecule has 0 heterocycles. The minimum Gasteiger partial charge on any atom is -0.496 e. The molecule has 2 aromatic carbocycles. The third kappa shape index (κ3) is 3.47. The molecule has 4 nitrogen and oxygen atoms in total. The Morgan fingerprint density at radius 3 is 2.57 bits per heavy atom. The molecule has 0 fully saturated rings. The van der Waals surface area contributed by atoms with Crippen LogP contribution in [-0.2, 0) is 6.54 Å². The number of nitriles is 1. The van der Waals surface area contributed by atoms with Gasteiger partial charge in [-0.2, -0.15) is 5.26 Å². The summed E-state index contributed by atoms with van der Waals surface area (Å²) >= 11 is 3.45. The lowest BCUT2D eigenvalue weighted by Gasteiger charge is -2.14. The highest BCUT2D eigenvalue weighted by atomic mass is 79.9. The summed E-state index contributed by atoms with van der Waals surface area (Å²) in [6.07, 6.45) is 0. The zero-order chi connectivity index (χ0) is 15.2. The SMILES string of the molecule is COc1ccc(Br)cc1CNc1c(C#N)cccc1OC. The van der Waals surface area contributed by atoms with Crippen LogP contribution < -0.4 is 14.8 Å². The molecule has 0 aromatic heterocycles. The fourth-order valence-corrected chi connectivity index (χ4v) is 2.45. The molecule has 0 aliphatic rings. The highest BCUT2D eigenvalue weighted by Crippen LogP contribution is 2.30. The number of hydrogen-bond acceptors (Lipinski definition) is 4. The van der Waals surface area contributed by atoms with Crippen LogP contribution in [0.1, 0.15) is 11.1 Å². The smallest absolute Gasteiger partial charge is 0.143 e. The third-order valence-electron chi connectivity index (χ3n) is 3.06. The molecule has 108 valence electrons. The van der Waals surface area contributed by atoms with Gasteiger partial charge in [-0.1, -0.05) is 22.0 Å². The van der Waals surface area contributed by atoms with E-state index in [1.54, 1.807) is 26.4 Å². The van der Waals surface area contributed by atoms with E-state index in [-0.39, 0.29) is 0 Å². The van der Waals surface area contributed by atoms with Gasteiger partial charge >= 0.3 is 0 Å². The van der Waals surface area contributed by atoms with E-state index in [1.807, 2.05) is 24.3 Å². The predicted molar refractivity (Wildman–Crippen MR) is 85.7 cm³/mol. The summed E-state index contributed by atoms with van der Waals surface area (Å²) in [5.41, 5.74) is 2.22. The average Bonchev–Trinajstić information content (AvgIpc) is 2.52. The second-order valence-corrected chi connectivity index (χ2v) is 5.22. The van der Waals surface area contributed by atoms with Crippen LogP contribution in [0.2, 0.25) is 0 Å². The van der Waals surface area contributed by atoms with Crippen LogP contribution in [0, 0.1) is 11.3 Å². The maximum absolute atomic E-state index is 9.20. The lowest BCUT2D eigenvalue weighted by molar-refractivity contribution is 0.409. The second kappa shape index (κ2) is 7.00. The minimum atomic E-state index is 0.525. The van der Waals surface area contributed by atoms with Crippen molar-refractivity contribution < 1.29 is 9.47 Å². The topological polar surface area (TPSA) is 54.3 Å². The lowest BCUT2D eigenvalue weighted by Crippen LogP contribution is -2.05. The molecule has 0 atom stereocenters. The molecular weight excluding hydrogens is 332 g/mol. The van der Waals surface area contributed by atoms with Crippen LogP contribution in [0.5, 0.6) is 11.5 Å². The summed E-state index contributed by atoms with van der Waals surface area (Å²) < 4.78 is 11.6. The number of nitrogens with one attached hydrogen (secondary N) is 1. The summed E-state index contributed by atoms with van der Waals surface area (Å²) in [5.74, 6) is 1.43. The van der Waals surface area contributed by atoms with E-state index in [4.69, 9.17) is 9.47 Å². The molecule has 0 spiro atoms. The lowest BCUT2D eigenvalue weighted by atomic mass is 10.1. The largest absolute Gasteiger partial charge is 0.496 e. The van der Waals surface area contributed by atoms with Crippen molar-refractivity contribution in [1.82, 2.24) is 0 Å². The predicted octanol–water partition coefficient (Wildman–Crippen LogP) is 3.95. The highest BCUT2D eigenvalue weighted by Gasteiger charge is 2.10. The maximum atomic E-state index is 9.20. The van der Waals surface area contributed by atoms with Gasteiger partial charge in [-0.15, -0.1) is 0 Å². The first-order valence-electron chi connectivity index (χ1n) is 6.33. The van der Waals surface area contributed by atoms with Gasteiger partial charge in [-0.05, 0) is 30.3 Å². The van der Waals surface area contributed by atoms with Crippen molar-refractivity contribution >= 4 is 21.6 Å². The molecule has 0 radical (unpaired) electrons. The van der Waals surface area contributed by atoms with Crippen molar-refractivity contribution in [2.75, 3.05) is 19.5 Å². The van der Waals surface area contributed by atoms with Crippen molar-refractivity contribution in [3.8, 4) is 17.6 Å². The van der Waals surface area contributed by atoms with Crippen LogP contribution in [0.15, 0.2) is 40.9 Å². The molecule has 0 amide bonds. The summed E-state index contributed by atoms with van der Waals surface area (Å²) in [7, 11) is 3.22. The van der Waals surface area contributed by atoms with Crippen LogP contribution in [0.25, 0.3) is 0 Å². The van der Waals surface area contributed by atoms with Gasteiger partial charge in [0.05, 0.1) is 25.5 Å². The standard InChI is InChI=1S/C16H15BrN2O2/c1-20-14-7-6-13(17)8-12(14)10-19-16-11(9-18)4-3-5-15(16)21-2/h3-8,19H,10H2,1-2H3. The molecule has 0 aliphatic carbocycles. The third-order valence-corrected chi connectivity index (χ3v) is 3.56. The van der Waals surface area contributed by atoms with Gasteiger partial charge in [0.15, 0.2) is 0 Å². The van der Waals surface area contributed by atoms with Crippen molar-refractivity contribution in [2.45, 2.75) is 6.54 Å². The first-order chi connectivity index (χ1) is 10.2. The van der Waals surface area contributed by atoms with Gasteiger partial charge in [0.25, 0.3) is 0 Å². The zero-order valence-electron chi connectivity index (χ0n) is 11.8. The quantitative estimate of drug-likeness (QED) is 0.890. The fraction of sp³-hybridized carbons (Fsp3) is 0.188. The van der Waals surface area contributed by atoms with Crippen LogP contribution in [0.4, 0.5) is 5.69 Å². The van der Waals surface area contributed by atoms with Gasteiger partial charge in [0, 0.05) is 16.6 Å². The number of hydrogen-bond donors (Lipinski definition) is 1. The monoisotopic (exact) mass is 346 g/mol. The first-order valence-corrected chi connectivity index (χ1v) is 7.12. The molecule has 0 saturated heterocycles. The molecule has 0 unspecified atom stereocenters. The minimum absolute atomic E-state index is 0.525. The van der Waals surface area contributed by atoms with Crippen LogP contribution in [0.3, 0.4) is 0 Å². The van der Waals surface area contributed by atoms with E-state index < -0.39 is 0 Å². The zero-order valence-corrected chi connectivity index (χ0v) is 13.4. The molecule has 0 bridgehead atoms. The number of nitrogens with zero attached hydrogens (tertiary/aromatic N) is 1. The Kier molecular flexibility index (Phi) is 5.07. The Hall–Kier alpha value is -2.19. The van der Waals surface area contributed by atoms with Crippen molar-refractivity contribution in [3.63, 3.8) is 0 Å². The molecule has 2 aromatic rings. The molecule has 21 heavy (non-hydrogen) atoms. The Balaban J connectivity index is 2.28. The van der Waals surface area contributed by atoms with Gasteiger partial charge < -0.3 is 14.8 Å². The van der Waals surface area contributed by atoms with Gasteiger partial charge in [-0.3, -0.25) is 0 Å². The first kappa shape index (κ1) is 15.2. The van der Waals surface area contributed by atoms with Crippen molar-refractivity contribution in [3.05, 3.63) is 52.0 Å². The molecule has 0 aliphatic heterocycles. The maximum Gasteiger partial charge on any atom is 0.143 e. The van der Waals surface area contributed by atoms with E-state index in [1.165, 1.54) is 0 Å². The molecule has 1 N–H and O–H groups in total. The van der Waals surface area contributed by atoms with E-state index >= 15 is 0 Å². The van der Waals surface area contributed by atoms with Gasteiger partial charge in [-0.25, -0.2) is 0 Å². The number of benzene rings is 2. The van der Waals surface area contributed by atoms with E-state index in [2.05, 4.69) is 27.3 Å². The molecule has 2 rings (SSSR count). The number of rotatable bonds is 5. The van der Waals surface area contributed by atoms with E-state index in [0.29, 0.717) is 23.5 Å². The highest BCUT2D eigenvalue weighted by molar-refractivity contribution is 9.10. The van der Waals surface area contributed by atoms with Crippen LogP contribution >= 0.6 is 15.9 Å². The fourth-order valence-electron chi connectivity index (χ4n) is 2.05. The van der Waals surface area contributed by atoms with Gasteiger partial charge in [0.2, 0.25) is 0 Å². The molecule has 0 saturated carbocycles. The number of ether oxygens (including phenoxy) is 2. The second-order valence-electron chi connectivity index (χ2n) is 4.30. The van der Waals surface area contributed by atoms with Crippen molar-refractivity contribution in [1.29, 1.82) is 5.26 Å². The normalized spacial score (nSPS) is 9.81. The number of anilines is 1. The van der Waals surface area contributed by atoms with E-state index in [9.17, 15) is 5.26 Å². The average molecular weight is 347 g/mol. The van der Waals surface area contributed by atoms with E-state index in [0.717, 1.165) is 15.8 Å². The Labute approximate surface area is 132 Å². The molecule has 5 heteroatoms. The Morgan fingerprint density at radius 2 is 1.90 bits per heavy atom. The van der Waals surface area contributed by atoms with Crippen molar-refractivity contribution in [2.24, 2.45) is 0 Å². The summed E-state index contributed by atoms with van der Waals surface area (Å²) in [6, 6.07) is 13.3. The van der Waals surface area contributed by atoms with Crippen LogP contribution in [-0.4, -0.2) is 14.2 Å². The molecular formula is C16H15BrN2O2.